The van der Waals surface area contributed by atoms with E-state index in [-0.39, 0.29) is 6.61 Å². The Balaban J connectivity index is 1.49. The lowest BCUT2D eigenvalue weighted by molar-refractivity contribution is 0.139. The van der Waals surface area contributed by atoms with Crippen LogP contribution in [0.3, 0.4) is 0 Å². The third-order valence-electron chi connectivity index (χ3n) is 3.43. The Labute approximate surface area is 140 Å². The number of benzene rings is 1. The molecule has 2 aromatic heterocycles. The molecule has 2 heterocycles. The number of rotatable bonds is 5. The summed E-state index contributed by atoms with van der Waals surface area (Å²) in [5.74, 6) is 0. The van der Waals surface area contributed by atoms with Gasteiger partial charge >= 0.3 is 6.09 Å². The standard InChI is InChI=1S/C19H17N3O2/c23-19(24-14-15-5-2-1-3-6-15)22-12-16-8-9-18(21-11-16)17-7-4-10-20-13-17/h1-11,13H,12,14H2,(H,22,23). The van der Waals surface area contributed by atoms with Crippen LogP contribution in [-0.2, 0) is 17.9 Å². The Kier molecular flexibility index (Phi) is 5.14. The number of pyridine rings is 2. The number of carbonyl (C=O) groups excluding carboxylic acids is 1. The van der Waals surface area contributed by atoms with E-state index in [4.69, 9.17) is 4.74 Å². The van der Waals surface area contributed by atoms with E-state index in [1.807, 2.05) is 54.6 Å². The first kappa shape index (κ1) is 15.7. The first-order valence-corrected chi connectivity index (χ1v) is 7.61. The lowest BCUT2D eigenvalue weighted by Crippen LogP contribution is -2.23. The number of amides is 1. The zero-order valence-corrected chi connectivity index (χ0v) is 13.1. The molecule has 0 radical (unpaired) electrons. The molecule has 0 fully saturated rings. The highest BCUT2D eigenvalue weighted by atomic mass is 16.5. The van der Waals surface area contributed by atoms with Crippen molar-refractivity contribution >= 4 is 6.09 Å². The number of carbonyl (C=O) groups is 1. The molecule has 120 valence electrons. The number of nitrogens with one attached hydrogen (secondary N) is 1. The van der Waals surface area contributed by atoms with Crippen LogP contribution in [0, 0.1) is 0 Å². The second-order valence-electron chi connectivity index (χ2n) is 5.21. The van der Waals surface area contributed by atoms with Crippen LogP contribution < -0.4 is 5.32 Å². The molecule has 1 N–H and O–H groups in total. The Morgan fingerprint density at radius 3 is 2.54 bits per heavy atom. The molecule has 3 aromatic rings. The van der Waals surface area contributed by atoms with E-state index in [2.05, 4.69) is 15.3 Å². The highest BCUT2D eigenvalue weighted by Crippen LogP contribution is 2.15. The van der Waals surface area contributed by atoms with E-state index in [9.17, 15) is 4.79 Å². The van der Waals surface area contributed by atoms with Crippen molar-refractivity contribution in [1.82, 2.24) is 15.3 Å². The molecular formula is C19H17N3O2. The van der Waals surface area contributed by atoms with Gasteiger partial charge in [0.05, 0.1) is 5.69 Å². The van der Waals surface area contributed by atoms with Gasteiger partial charge in [-0.25, -0.2) is 4.79 Å². The molecule has 1 aromatic carbocycles. The van der Waals surface area contributed by atoms with Gasteiger partial charge in [0, 0.05) is 30.7 Å². The number of aromatic nitrogens is 2. The number of nitrogens with zero attached hydrogens (tertiary/aromatic N) is 2. The van der Waals surface area contributed by atoms with Gasteiger partial charge in [0.25, 0.3) is 0 Å². The highest BCUT2D eigenvalue weighted by Gasteiger charge is 2.04. The molecule has 0 saturated carbocycles. The van der Waals surface area contributed by atoms with Crippen molar-refractivity contribution < 1.29 is 9.53 Å². The predicted octanol–water partition coefficient (Wildman–Crippen LogP) is 3.57. The average molecular weight is 319 g/mol. The average Bonchev–Trinajstić information content (AvgIpc) is 2.67. The van der Waals surface area contributed by atoms with Crippen molar-refractivity contribution in [1.29, 1.82) is 0 Å². The second kappa shape index (κ2) is 7.87. The number of hydrogen-bond acceptors (Lipinski definition) is 4. The van der Waals surface area contributed by atoms with Crippen LogP contribution in [0.1, 0.15) is 11.1 Å². The first-order chi connectivity index (χ1) is 11.8. The van der Waals surface area contributed by atoms with E-state index in [1.54, 1.807) is 18.6 Å². The molecule has 0 aliphatic heterocycles. The summed E-state index contributed by atoms with van der Waals surface area (Å²) in [6.45, 7) is 0.624. The molecular weight excluding hydrogens is 302 g/mol. The van der Waals surface area contributed by atoms with Gasteiger partial charge in [-0.3, -0.25) is 9.97 Å². The van der Waals surface area contributed by atoms with Crippen LogP contribution in [0.25, 0.3) is 11.3 Å². The van der Waals surface area contributed by atoms with Gasteiger partial charge < -0.3 is 10.1 Å². The van der Waals surface area contributed by atoms with E-state index < -0.39 is 6.09 Å². The lowest BCUT2D eigenvalue weighted by atomic mass is 10.1. The van der Waals surface area contributed by atoms with Crippen LogP contribution in [-0.4, -0.2) is 16.1 Å². The minimum absolute atomic E-state index is 0.255. The number of hydrogen-bond donors (Lipinski definition) is 1. The van der Waals surface area contributed by atoms with Gasteiger partial charge in [-0.1, -0.05) is 36.4 Å². The van der Waals surface area contributed by atoms with Gasteiger partial charge in [-0.2, -0.15) is 0 Å². The Hall–Kier alpha value is -3.21. The summed E-state index contributed by atoms with van der Waals surface area (Å²) < 4.78 is 5.16. The van der Waals surface area contributed by atoms with Crippen molar-refractivity contribution in [3.63, 3.8) is 0 Å². The van der Waals surface area contributed by atoms with Crippen molar-refractivity contribution in [2.45, 2.75) is 13.2 Å². The molecule has 0 bridgehead atoms. The molecule has 5 nitrogen and oxygen atoms in total. The molecule has 0 aliphatic carbocycles. The highest BCUT2D eigenvalue weighted by molar-refractivity contribution is 5.67. The van der Waals surface area contributed by atoms with Crippen molar-refractivity contribution in [3.05, 3.63) is 84.3 Å². The minimum Gasteiger partial charge on any atom is -0.445 e. The monoisotopic (exact) mass is 319 g/mol. The smallest absolute Gasteiger partial charge is 0.407 e. The van der Waals surface area contributed by atoms with E-state index >= 15 is 0 Å². The lowest BCUT2D eigenvalue weighted by Gasteiger charge is -2.07. The largest absolute Gasteiger partial charge is 0.445 e. The van der Waals surface area contributed by atoms with Gasteiger partial charge in [0.1, 0.15) is 6.61 Å². The molecule has 0 aliphatic rings. The molecule has 0 atom stereocenters. The fraction of sp³-hybridized carbons (Fsp3) is 0.105. The van der Waals surface area contributed by atoms with Gasteiger partial charge in [0.2, 0.25) is 0 Å². The summed E-state index contributed by atoms with van der Waals surface area (Å²) in [4.78, 5) is 20.2. The molecule has 1 amide bonds. The quantitative estimate of drug-likeness (QED) is 0.781. The summed E-state index contributed by atoms with van der Waals surface area (Å²) in [5, 5.41) is 2.71. The summed E-state index contributed by atoms with van der Waals surface area (Å²) in [6.07, 6.45) is 4.78. The summed E-state index contributed by atoms with van der Waals surface area (Å²) in [5.41, 5.74) is 3.66. The van der Waals surface area contributed by atoms with Gasteiger partial charge in [-0.15, -0.1) is 0 Å². The van der Waals surface area contributed by atoms with Crippen LogP contribution in [0.2, 0.25) is 0 Å². The molecule has 3 rings (SSSR count). The van der Waals surface area contributed by atoms with Crippen LogP contribution >= 0.6 is 0 Å². The predicted molar refractivity (Wildman–Crippen MR) is 90.9 cm³/mol. The summed E-state index contributed by atoms with van der Waals surface area (Å²) in [7, 11) is 0. The summed E-state index contributed by atoms with van der Waals surface area (Å²) >= 11 is 0. The van der Waals surface area contributed by atoms with Crippen molar-refractivity contribution in [3.8, 4) is 11.3 Å². The Morgan fingerprint density at radius 1 is 0.958 bits per heavy atom. The molecule has 24 heavy (non-hydrogen) atoms. The van der Waals surface area contributed by atoms with Crippen molar-refractivity contribution in [2.24, 2.45) is 0 Å². The molecule has 0 saturated heterocycles. The van der Waals surface area contributed by atoms with Crippen LogP contribution in [0.15, 0.2) is 73.2 Å². The first-order valence-electron chi connectivity index (χ1n) is 7.61. The number of alkyl carbamates (subject to hydrolysis) is 1. The SMILES string of the molecule is O=C(NCc1ccc(-c2cccnc2)nc1)OCc1ccccc1. The van der Waals surface area contributed by atoms with E-state index in [0.29, 0.717) is 6.54 Å². The maximum Gasteiger partial charge on any atom is 0.407 e. The van der Waals surface area contributed by atoms with E-state index in [0.717, 1.165) is 22.4 Å². The third kappa shape index (κ3) is 4.39. The van der Waals surface area contributed by atoms with Gasteiger partial charge in [-0.05, 0) is 29.3 Å². The van der Waals surface area contributed by atoms with Crippen LogP contribution in [0.4, 0.5) is 4.79 Å². The molecule has 0 unspecified atom stereocenters. The third-order valence-corrected chi connectivity index (χ3v) is 3.43. The Bertz CT molecular complexity index is 775. The zero-order chi connectivity index (χ0) is 16.6. The normalized spacial score (nSPS) is 10.2. The topological polar surface area (TPSA) is 64.1 Å². The van der Waals surface area contributed by atoms with E-state index in [1.165, 1.54) is 0 Å². The zero-order valence-electron chi connectivity index (χ0n) is 13.1. The number of ether oxygens (including phenoxy) is 1. The fourth-order valence-corrected chi connectivity index (χ4v) is 2.16. The molecule has 0 spiro atoms. The minimum atomic E-state index is -0.449. The van der Waals surface area contributed by atoms with Gasteiger partial charge in [0.15, 0.2) is 0 Å². The summed E-state index contributed by atoms with van der Waals surface area (Å²) in [6, 6.07) is 17.2. The van der Waals surface area contributed by atoms with Crippen LogP contribution in [0.5, 0.6) is 0 Å². The van der Waals surface area contributed by atoms with Crippen molar-refractivity contribution in [2.75, 3.05) is 0 Å². The molecule has 5 heteroatoms. The maximum absolute atomic E-state index is 11.7. The maximum atomic E-state index is 11.7. The second-order valence-corrected chi connectivity index (χ2v) is 5.21. The fourth-order valence-electron chi connectivity index (χ4n) is 2.16. The Morgan fingerprint density at radius 2 is 1.83 bits per heavy atom.